The Morgan fingerprint density at radius 1 is 1.00 bits per heavy atom. The number of nitrogens with zero attached hydrogens (tertiary/aromatic N) is 2. The molecule has 1 aliphatic rings. The van der Waals surface area contributed by atoms with Gasteiger partial charge in [-0.1, -0.05) is 24.3 Å². The van der Waals surface area contributed by atoms with E-state index in [0.717, 1.165) is 56.1 Å². The summed E-state index contributed by atoms with van der Waals surface area (Å²) in [6.45, 7) is 5.63. The second-order valence-electron chi connectivity index (χ2n) is 6.47. The third kappa shape index (κ3) is 3.61. The molecule has 6 heteroatoms. The number of morpholine rings is 1. The van der Waals surface area contributed by atoms with Crippen molar-refractivity contribution in [2.45, 2.75) is 0 Å². The van der Waals surface area contributed by atoms with Crippen LogP contribution in [0.25, 0.3) is 22.3 Å². The number of fused-ring (bicyclic) bond motifs is 1. The number of quaternary nitrogens is 1. The van der Waals surface area contributed by atoms with Gasteiger partial charge < -0.3 is 20.1 Å². The Morgan fingerprint density at radius 2 is 1.77 bits per heavy atom. The smallest absolute Gasteiger partial charge is 0.165 e. The third-order valence-electron chi connectivity index (χ3n) is 4.72. The van der Waals surface area contributed by atoms with Gasteiger partial charge in [-0.3, -0.25) is 0 Å². The lowest BCUT2D eigenvalue weighted by atomic mass is 10.1. The number of phenols is 1. The van der Waals surface area contributed by atoms with Crippen molar-refractivity contribution in [3.63, 3.8) is 0 Å². The molecule has 6 nitrogen and oxygen atoms in total. The summed E-state index contributed by atoms with van der Waals surface area (Å²) in [5.74, 6) is 1.52. The van der Waals surface area contributed by atoms with Crippen LogP contribution >= 0.6 is 0 Å². The molecule has 0 atom stereocenters. The van der Waals surface area contributed by atoms with Gasteiger partial charge in [-0.05, 0) is 24.3 Å². The lowest BCUT2D eigenvalue weighted by molar-refractivity contribution is -0.906. The molecule has 26 heavy (non-hydrogen) atoms. The first-order valence-corrected chi connectivity index (χ1v) is 9.01. The average Bonchev–Trinajstić information content (AvgIpc) is 2.69. The van der Waals surface area contributed by atoms with Crippen molar-refractivity contribution < 1.29 is 14.7 Å². The highest BCUT2D eigenvalue weighted by atomic mass is 16.5. The van der Waals surface area contributed by atoms with Gasteiger partial charge >= 0.3 is 0 Å². The van der Waals surface area contributed by atoms with Gasteiger partial charge in [-0.15, -0.1) is 0 Å². The Hall–Kier alpha value is -2.70. The van der Waals surface area contributed by atoms with E-state index in [1.165, 1.54) is 0 Å². The molecule has 0 saturated carbocycles. The molecule has 4 rings (SSSR count). The van der Waals surface area contributed by atoms with Crippen LogP contribution in [0.5, 0.6) is 5.75 Å². The minimum Gasteiger partial charge on any atom is -0.507 e. The highest BCUT2D eigenvalue weighted by molar-refractivity contribution is 5.90. The van der Waals surface area contributed by atoms with Gasteiger partial charge in [0.25, 0.3) is 0 Å². The summed E-state index contributed by atoms with van der Waals surface area (Å²) in [6.07, 6.45) is 0. The van der Waals surface area contributed by atoms with Crippen LogP contribution in [0.1, 0.15) is 0 Å². The number of rotatable bonds is 5. The monoisotopic (exact) mass is 351 g/mol. The number of para-hydroxylation sites is 2. The molecule has 0 spiro atoms. The summed E-state index contributed by atoms with van der Waals surface area (Å²) in [6, 6.07) is 15.1. The van der Waals surface area contributed by atoms with E-state index in [0.29, 0.717) is 11.4 Å². The maximum Gasteiger partial charge on any atom is 0.165 e. The average molecular weight is 351 g/mol. The van der Waals surface area contributed by atoms with Crippen LogP contribution in [0.4, 0.5) is 5.82 Å². The topological polar surface area (TPSA) is 71.7 Å². The van der Waals surface area contributed by atoms with Crippen LogP contribution in [-0.2, 0) is 4.74 Å². The number of ether oxygens (including phenoxy) is 1. The van der Waals surface area contributed by atoms with Crippen molar-refractivity contribution in [2.24, 2.45) is 0 Å². The Bertz CT molecular complexity index is 894. The van der Waals surface area contributed by atoms with Crippen LogP contribution in [0.15, 0.2) is 48.5 Å². The number of benzene rings is 2. The standard InChI is InChI=1S/C20H22N4O2/c25-18-8-4-2-6-16(18)20-22-17-7-3-1-5-15(17)19(23-20)21-9-10-24-11-13-26-14-12-24/h1-8,25H,9-14H2,(H,21,22,23)/p+1. The molecule has 1 aromatic heterocycles. The molecule has 1 fully saturated rings. The van der Waals surface area contributed by atoms with Gasteiger partial charge in [0.1, 0.15) is 24.7 Å². The predicted molar refractivity (Wildman–Crippen MR) is 102 cm³/mol. The molecule has 0 bridgehead atoms. The molecular weight excluding hydrogens is 328 g/mol. The minimum atomic E-state index is 0.187. The van der Waals surface area contributed by atoms with Crippen molar-refractivity contribution in [1.82, 2.24) is 9.97 Å². The Balaban J connectivity index is 1.61. The summed E-state index contributed by atoms with van der Waals surface area (Å²) >= 11 is 0. The third-order valence-corrected chi connectivity index (χ3v) is 4.72. The van der Waals surface area contributed by atoms with Crippen molar-refractivity contribution in [2.75, 3.05) is 44.7 Å². The first-order chi connectivity index (χ1) is 12.8. The number of phenolic OH excluding ortho intramolecular Hbond substituents is 1. The molecule has 3 aromatic rings. The van der Waals surface area contributed by atoms with Crippen molar-refractivity contribution >= 4 is 16.7 Å². The summed E-state index contributed by atoms with van der Waals surface area (Å²) in [5.41, 5.74) is 1.50. The lowest BCUT2D eigenvalue weighted by Crippen LogP contribution is -3.14. The van der Waals surface area contributed by atoms with Gasteiger partial charge in [0.2, 0.25) is 0 Å². The van der Waals surface area contributed by atoms with Gasteiger partial charge in [0, 0.05) is 5.39 Å². The fourth-order valence-electron chi connectivity index (χ4n) is 3.26. The number of nitrogens with one attached hydrogen (secondary N) is 2. The largest absolute Gasteiger partial charge is 0.507 e. The quantitative estimate of drug-likeness (QED) is 0.647. The zero-order valence-corrected chi connectivity index (χ0v) is 14.6. The number of aromatic hydroxyl groups is 1. The molecule has 1 saturated heterocycles. The summed E-state index contributed by atoms with van der Waals surface area (Å²) < 4.78 is 5.41. The van der Waals surface area contributed by atoms with Crippen molar-refractivity contribution in [3.05, 3.63) is 48.5 Å². The summed E-state index contributed by atoms with van der Waals surface area (Å²) in [5, 5.41) is 14.6. The number of anilines is 1. The first kappa shape index (κ1) is 16.8. The van der Waals surface area contributed by atoms with Gasteiger partial charge in [-0.25, -0.2) is 9.97 Å². The second-order valence-corrected chi connectivity index (χ2v) is 6.47. The summed E-state index contributed by atoms with van der Waals surface area (Å²) in [7, 11) is 0. The van der Waals surface area contributed by atoms with Gasteiger partial charge in [0.15, 0.2) is 5.82 Å². The van der Waals surface area contributed by atoms with Crippen molar-refractivity contribution in [1.29, 1.82) is 0 Å². The van der Waals surface area contributed by atoms with E-state index < -0.39 is 0 Å². The van der Waals surface area contributed by atoms with E-state index in [2.05, 4.69) is 10.3 Å². The number of aromatic nitrogens is 2. The van der Waals surface area contributed by atoms with Crippen LogP contribution in [0.3, 0.4) is 0 Å². The Labute approximate surface area is 152 Å². The first-order valence-electron chi connectivity index (χ1n) is 9.01. The maximum atomic E-state index is 10.2. The van der Waals surface area contributed by atoms with Crippen LogP contribution < -0.4 is 10.2 Å². The van der Waals surface area contributed by atoms with E-state index in [4.69, 9.17) is 9.72 Å². The van der Waals surface area contributed by atoms with Crippen LogP contribution in [-0.4, -0.2) is 54.5 Å². The van der Waals surface area contributed by atoms with Crippen LogP contribution in [0, 0.1) is 0 Å². The van der Waals surface area contributed by atoms with Gasteiger partial charge in [0.05, 0.1) is 37.4 Å². The molecule has 1 aliphatic heterocycles. The minimum absolute atomic E-state index is 0.187. The fourth-order valence-corrected chi connectivity index (χ4v) is 3.26. The van der Waals surface area contributed by atoms with E-state index in [-0.39, 0.29) is 5.75 Å². The molecule has 2 heterocycles. The molecule has 134 valence electrons. The Morgan fingerprint density at radius 3 is 2.62 bits per heavy atom. The van der Waals surface area contributed by atoms with E-state index in [1.54, 1.807) is 17.0 Å². The molecular formula is C20H23N4O2+. The van der Waals surface area contributed by atoms with E-state index >= 15 is 0 Å². The molecule has 0 aliphatic carbocycles. The highest BCUT2D eigenvalue weighted by Gasteiger charge is 2.15. The Kier molecular flexibility index (Phi) is 4.95. The van der Waals surface area contributed by atoms with Crippen molar-refractivity contribution in [3.8, 4) is 17.1 Å². The molecule has 3 N–H and O–H groups in total. The highest BCUT2D eigenvalue weighted by Crippen LogP contribution is 2.29. The molecule has 0 unspecified atom stereocenters. The van der Waals surface area contributed by atoms with Crippen LogP contribution in [0.2, 0.25) is 0 Å². The summed E-state index contributed by atoms with van der Waals surface area (Å²) in [4.78, 5) is 10.9. The number of hydrogen-bond acceptors (Lipinski definition) is 5. The number of hydrogen-bond donors (Lipinski definition) is 3. The normalized spacial score (nSPS) is 15.2. The maximum absolute atomic E-state index is 10.2. The zero-order valence-electron chi connectivity index (χ0n) is 14.6. The fraction of sp³-hybridized carbons (Fsp3) is 0.300. The SMILES string of the molecule is Oc1ccccc1-c1nc(NCC[NH+]2CCOCC2)c2ccccc2n1. The molecule has 0 amide bonds. The van der Waals surface area contributed by atoms with E-state index in [9.17, 15) is 5.11 Å². The molecule has 0 radical (unpaired) electrons. The molecule has 2 aromatic carbocycles. The van der Waals surface area contributed by atoms with E-state index in [1.807, 2.05) is 36.4 Å². The zero-order chi connectivity index (χ0) is 17.8. The predicted octanol–water partition coefficient (Wildman–Crippen LogP) is 1.33. The lowest BCUT2D eigenvalue weighted by Gasteiger charge is -2.24. The van der Waals surface area contributed by atoms with Gasteiger partial charge in [-0.2, -0.15) is 0 Å². The second kappa shape index (κ2) is 7.68.